The van der Waals surface area contributed by atoms with E-state index < -0.39 is 10.7 Å². The van der Waals surface area contributed by atoms with Crippen LogP contribution in [0, 0.1) is 15.9 Å². The molecule has 1 N–H and O–H groups in total. The lowest BCUT2D eigenvalue weighted by Crippen LogP contribution is -2.58. The standard InChI is InChI=1S/C12H16FN3O2/c1-12(2)8-14-5-6-15(12)11-7-9(13)3-4-10(11)16(17)18/h3-4,7,14H,5-6,8H2,1-2H3. The van der Waals surface area contributed by atoms with Crippen molar-refractivity contribution in [3.05, 3.63) is 34.1 Å². The molecule has 6 heteroatoms. The SMILES string of the molecule is CC1(C)CNCCN1c1cc(F)ccc1[N+](=O)[O-]. The molecule has 0 radical (unpaired) electrons. The first-order valence-corrected chi connectivity index (χ1v) is 5.84. The number of halogens is 1. The van der Waals surface area contributed by atoms with Crippen LogP contribution in [0.1, 0.15) is 13.8 Å². The van der Waals surface area contributed by atoms with Crippen molar-refractivity contribution in [1.29, 1.82) is 0 Å². The summed E-state index contributed by atoms with van der Waals surface area (Å²) in [4.78, 5) is 12.5. The van der Waals surface area contributed by atoms with Gasteiger partial charge in [-0.15, -0.1) is 0 Å². The first-order valence-electron chi connectivity index (χ1n) is 5.84. The third-order valence-corrected chi connectivity index (χ3v) is 3.23. The molecule has 5 nitrogen and oxygen atoms in total. The average Bonchev–Trinajstić information content (AvgIpc) is 2.27. The summed E-state index contributed by atoms with van der Waals surface area (Å²) in [5.41, 5.74) is 0.0226. The Hall–Kier alpha value is -1.69. The summed E-state index contributed by atoms with van der Waals surface area (Å²) < 4.78 is 13.4. The quantitative estimate of drug-likeness (QED) is 0.646. The van der Waals surface area contributed by atoms with Gasteiger partial charge in [0.05, 0.1) is 4.92 Å². The number of hydrogen-bond acceptors (Lipinski definition) is 4. The Kier molecular flexibility index (Phi) is 3.21. The third kappa shape index (κ3) is 2.28. The van der Waals surface area contributed by atoms with Gasteiger partial charge in [-0.05, 0) is 19.9 Å². The molecule has 1 fully saturated rings. The summed E-state index contributed by atoms with van der Waals surface area (Å²) in [7, 11) is 0. The van der Waals surface area contributed by atoms with Gasteiger partial charge in [-0.1, -0.05) is 0 Å². The lowest BCUT2D eigenvalue weighted by atomic mass is 9.98. The fourth-order valence-corrected chi connectivity index (χ4v) is 2.30. The molecule has 0 aromatic heterocycles. The molecule has 2 rings (SSSR count). The fraction of sp³-hybridized carbons (Fsp3) is 0.500. The molecule has 18 heavy (non-hydrogen) atoms. The van der Waals surface area contributed by atoms with Gasteiger partial charge in [0.2, 0.25) is 0 Å². The predicted octanol–water partition coefficient (Wildman–Crippen LogP) is 1.92. The van der Waals surface area contributed by atoms with E-state index in [0.717, 1.165) is 12.6 Å². The van der Waals surface area contributed by atoms with Crippen LogP contribution in [0.2, 0.25) is 0 Å². The van der Waals surface area contributed by atoms with Gasteiger partial charge in [0.25, 0.3) is 5.69 Å². The Morgan fingerprint density at radius 2 is 2.22 bits per heavy atom. The zero-order chi connectivity index (χ0) is 13.3. The Morgan fingerprint density at radius 3 is 2.83 bits per heavy atom. The lowest BCUT2D eigenvalue weighted by molar-refractivity contribution is -0.384. The van der Waals surface area contributed by atoms with Gasteiger partial charge in [-0.25, -0.2) is 4.39 Å². The number of rotatable bonds is 2. The average molecular weight is 253 g/mol. The number of hydrogen-bond donors (Lipinski definition) is 1. The van der Waals surface area contributed by atoms with Crippen molar-refractivity contribution in [2.75, 3.05) is 24.5 Å². The monoisotopic (exact) mass is 253 g/mol. The Bertz CT molecular complexity index is 476. The van der Waals surface area contributed by atoms with Crippen molar-refractivity contribution in [3.63, 3.8) is 0 Å². The summed E-state index contributed by atoms with van der Waals surface area (Å²) in [6.45, 7) is 6.02. The summed E-state index contributed by atoms with van der Waals surface area (Å²) in [5.74, 6) is -0.454. The molecule has 0 spiro atoms. The van der Waals surface area contributed by atoms with Crippen LogP contribution in [-0.2, 0) is 0 Å². The van der Waals surface area contributed by atoms with Crippen LogP contribution in [0.5, 0.6) is 0 Å². The highest BCUT2D eigenvalue weighted by molar-refractivity contribution is 5.65. The number of piperazine rings is 1. The molecule has 1 aliphatic heterocycles. The van der Waals surface area contributed by atoms with Gasteiger partial charge in [-0.3, -0.25) is 10.1 Å². The minimum atomic E-state index is -0.465. The molecule has 0 unspecified atom stereocenters. The van der Waals surface area contributed by atoms with Crippen LogP contribution >= 0.6 is 0 Å². The van der Waals surface area contributed by atoms with E-state index in [0.29, 0.717) is 18.8 Å². The van der Waals surface area contributed by atoms with Crippen molar-refractivity contribution < 1.29 is 9.31 Å². The van der Waals surface area contributed by atoms with Crippen molar-refractivity contribution in [3.8, 4) is 0 Å². The molecule has 0 bridgehead atoms. The first kappa shape index (κ1) is 12.8. The topological polar surface area (TPSA) is 58.4 Å². The molecule has 1 heterocycles. The summed E-state index contributed by atoms with van der Waals surface area (Å²) >= 11 is 0. The maximum absolute atomic E-state index is 13.4. The summed E-state index contributed by atoms with van der Waals surface area (Å²) in [6.07, 6.45) is 0. The number of nitro benzene ring substituents is 1. The van der Waals surface area contributed by atoms with E-state index in [-0.39, 0.29) is 11.2 Å². The minimum absolute atomic E-state index is 0.0497. The second kappa shape index (κ2) is 4.53. The lowest BCUT2D eigenvalue weighted by Gasteiger charge is -2.44. The Morgan fingerprint density at radius 1 is 1.50 bits per heavy atom. The van der Waals surface area contributed by atoms with E-state index in [4.69, 9.17) is 0 Å². The zero-order valence-electron chi connectivity index (χ0n) is 10.4. The molecular formula is C12H16FN3O2. The van der Waals surface area contributed by atoms with E-state index in [2.05, 4.69) is 5.32 Å². The fourth-order valence-electron chi connectivity index (χ4n) is 2.30. The number of anilines is 1. The van der Waals surface area contributed by atoms with E-state index >= 15 is 0 Å². The zero-order valence-corrected chi connectivity index (χ0v) is 10.4. The van der Waals surface area contributed by atoms with E-state index in [1.807, 2.05) is 18.7 Å². The van der Waals surface area contributed by atoms with Crippen LogP contribution in [-0.4, -0.2) is 30.1 Å². The van der Waals surface area contributed by atoms with Crippen LogP contribution < -0.4 is 10.2 Å². The van der Waals surface area contributed by atoms with Gasteiger partial charge in [0.15, 0.2) is 0 Å². The molecule has 1 aliphatic rings. The van der Waals surface area contributed by atoms with Crippen LogP contribution in [0.15, 0.2) is 18.2 Å². The van der Waals surface area contributed by atoms with Crippen LogP contribution in [0.3, 0.4) is 0 Å². The molecule has 0 aliphatic carbocycles. The summed E-state index contributed by atoms with van der Waals surface area (Å²) in [6, 6.07) is 3.59. The van der Waals surface area contributed by atoms with Crippen molar-refractivity contribution in [2.45, 2.75) is 19.4 Å². The minimum Gasteiger partial charge on any atom is -0.358 e. The molecule has 1 saturated heterocycles. The molecule has 1 aromatic rings. The molecule has 0 saturated carbocycles. The van der Waals surface area contributed by atoms with E-state index in [1.165, 1.54) is 12.1 Å². The molecular weight excluding hydrogens is 237 g/mol. The van der Waals surface area contributed by atoms with E-state index in [9.17, 15) is 14.5 Å². The number of nitrogens with one attached hydrogen (secondary N) is 1. The number of nitro groups is 1. The van der Waals surface area contributed by atoms with Crippen LogP contribution in [0.25, 0.3) is 0 Å². The summed E-state index contributed by atoms with van der Waals surface area (Å²) in [5, 5.41) is 14.3. The highest BCUT2D eigenvalue weighted by Crippen LogP contribution is 2.34. The molecule has 1 aromatic carbocycles. The Labute approximate surface area is 105 Å². The smallest absolute Gasteiger partial charge is 0.292 e. The third-order valence-electron chi connectivity index (χ3n) is 3.23. The van der Waals surface area contributed by atoms with Crippen molar-refractivity contribution in [1.82, 2.24) is 5.32 Å². The molecule has 98 valence electrons. The van der Waals surface area contributed by atoms with Crippen LogP contribution in [0.4, 0.5) is 15.8 Å². The Balaban J connectivity index is 2.48. The first-order chi connectivity index (χ1) is 8.42. The largest absolute Gasteiger partial charge is 0.358 e. The second-order valence-electron chi connectivity index (χ2n) is 5.03. The number of benzene rings is 1. The predicted molar refractivity (Wildman–Crippen MR) is 67.3 cm³/mol. The highest BCUT2D eigenvalue weighted by atomic mass is 19.1. The maximum atomic E-state index is 13.4. The van der Waals surface area contributed by atoms with Crippen molar-refractivity contribution in [2.24, 2.45) is 0 Å². The maximum Gasteiger partial charge on any atom is 0.292 e. The molecule has 0 amide bonds. The molecule has 0 atom stereocenters. The number of nitrogens with zero attached hydrogens (tertiary/aromatic N) is 2. The highest BCUT2D eigenvalue weighted by Gasteiger charge is 2.33. The van der Waals surface area contributed by atoms with Gasteiger partial charge in [0.1, 0.15) is 11.5 Å². The van der Waals surface area contributed by atoms with Gasteiger partial charge in [0, 0.05) is 37.3 Å². The van der Waals surface area contributed by atoms with Gasteiger partial charge < -0.3 is 10.2 Å². The second-order valence-corrected chi connectivity index (χ2v) is 5.03. The van der Waals surface area contributed by atoms with Gasteiger partial charge >= 0.3 is 0 Å². The van der Waals surface area contributed by atoms with Gasteiger partial charge in [-0.2, -0.15) is 0 Å². The van der Waals surface area contributed by atoms with E-state index in [1.54, 1.807) is 0 Å². The van der Waals surface area contributed by atoms with Crippen molar-refractivity contribution >= 4 is 11.4 Å². The normalized spacial score (nSPS) is 18.7.